The molecule has 0 bridgehead atoms. The molecule has 2 nitrogen and oxygen atoms in total. The normalized spacial score (nSPS) is 10.4. The van der Waals surface area contributed by atoms with E-state index < -0.39 is 0 Å². The Morgan fingerprint density at radius 3 is 2.57 bits per heavy atom. The van der Waals surface area contributed by atoms with Gasteiger partial charge in [-0.2, -0.15) is 0 Å². The molecule has 1 aromatic rings. The van der Waals surface area contributed by atoms with E-state index in [9.17, 15) is 4.79 Å². The van der Waals surface area contributed by atoms with Crippen molar-refractivity contribution in [1.29, 1.82) is 0 Å². The molecule has 0 amide bonds. The van der Waals surface area contributed by atoms with Crippen molar-refractivity contribution in [3.63, 3.8) is 0 Å². The lowest BCUT2D eigenvalue weighted by Crippen LogP contribution is -1.98. The molecule has 0 spiro atoms. The lowest BCUT2D eigenvalue weighted by molar-refractivity contribution is -0.137. The summed E-state index contributed by atoms with van der Waals surface area (Å²) >= 11 is 0. The van der Waals surface area contributed by atoms with Crippen molar-refractivity contribution in [2.24, 2.45) is 0 Å². The smallest absolute Gasteiger partial charge is 0.330 e. The minimum absolute atomic E-state index is 0.298. The zero-order valence-electron chi connectivity index (χ0n) is 8.49. The van der Waals surface area contributed by atoms with E-state index in [0.717, 1.165) is 5.56 Å². The van der Waals surface area contributed by atoms with Crippen LogP contribution in [-0.4, -0.2) is 12.6 Å². The lowest BCUT2D eigenvalue weighted by Gasteiger charge is -1.96. The van der Waals surface area contributed by atoms with E-state index in [1.807, 2.05) is 31.2 Å². The van der Waals surface area contributed by atoms with Crippen molar-refractivity contribution in [3.8, 4) is 0 Å². The Kier molecular flexibility index (Phi) is 3.92. The summed E-state index contributed by atoms with van der Waals surface area (Å²) in [5, 5.41) is 0. The summed E-state index contributed by atoms with van der Waals surface area (Å²) in [4.78, 5) is 11.0. The third-order valence-electron chi connectivity index (χ3n) is 1.78. The number of benzene rings is 1. The number of hydrogen-bond donors (Lipinski definition) is 0. The highest BCUT2D eigenvalue weighted by Gasteiger charge is 1.93. The molecule has 74 valence electrons. The predicted octanol–water partition coefficient (Wildman–Crippen LogP) is 2.57. The molecule has 0 aromatic heterocycles. The monoisotopic (exact) mass is 190 g/mol. The molecular weight excluding hydrogens is 176 g/mol. The minimum Gasteiger partial charge on any atom is -0.463 e. The number of hydrogen-bond acceptors (Lipinski definition) is 2. The van der Waals surface area contributed by atoms with Gasteiger partial charge >= 0.3 is 5.97 Å². The highest BCUT2D eigenvalue weighted by Crippen LogP contribution is 2.04. The third-order valence-corrected chi connectivity index (χ3v) is 1.78. The molecule has 0 heterocycles. The maximum atomic E-state index is 11.0. The number of rotatable bonds is 3. The maximum Gasteiger partial charge on any atom is 0.330 e. The average molecular weight is 190 g/mol. The fraction of sp³-hybridized carbons (Fsp3) is 0.250. The van der Waals surface area contributed by atoms with Crippen LogP contribution in [0.4, 0.5) is 0 Å². The van der Waals surface area contributed by atoms with E-state index in [1.165, 1.54) is 11.6 Å². The van der Waals surface area contributed by atoms with Gasteiger partial charge in [-0.1, -0.05) is 29.8 Å². The summed E-state index contributed by atoms with van der Waals surface area (Å²) in [6.45, 7) is 4.23. The van der Waals surface area contributed by atoms with Crippen LogP contribution in [0.25, 0.3) is 6.08 Å². The van der Waals surface area contributed by atoms with Crippen LogP contribution in [0.15, 0.2) is 30.3 Å². The van der Waals surface area contributed by atoms with Gasteiger partial charge < -0.3 is 4.74 Å². The van der Waals surface area contributed by atoms with Gasteiger partial charge in [-0.3, -0.25) is 0 Å². The molecule has 0 saturated carbocycles. The van der Waals surface area contributed by atoms with Gasteiger partial charge in [0.1, 0.15) is 0 Å². The molecule has 0 saturated heterocycles. The van der Waals surface area contributed by atoms with Crippen molar-refractivity contribution in [2.75, 3.05) is 6.61 Å². The molecule has 2 heteroatoms. The first-order valence-corrected chi connectivity index (χ1v) is 4.64. The van der Waals surface area contributed by atoms with Gasteiger partial charge in [0, 0.05) is 6.08 Å². The van der Waals surface area contributed by atoms with Crippen molar-refractivity contribution in [1.82, 2.24) is 0 Å². The van der Waals surface area contributed by atoms with Gasteiger partial charge in [-0.05, 0) is 25.5 Å². The zero-order valence-corrected chi connectivity index (χ0v) is 8.49. The van der Waals surface area contributed by atoms with Crippen LogP contribution in [0.3, 0.4) is 0 Å². The third kappa shape index (κ3) is 3.44. The Bertz CT molecular complexity index is 323. The van der Waals surface area contributed by atoms with Crippen LogP contribution in [0, 0.1) is 6.92 Å². The van der Waals surface area contributed by atoms with E-state index in [-0.39, 0.29) is 5.97 Å². The number of carbonyl (C=O) groups is 1. The first-order chi connectivity index (χ1) is 6.72. The summed E-state index contributed by atoms with van der Waals surface area (Å²) in [7, 11) is 0. The van der Waals surface area contributed by atoms with Crippen LogP contribution in [0.2, 0.25) is 0 Å². The van der Waals surface area contributed by atoms with Crippen LogP contribution >= 0.6 is 0 Å². The van der Waals surface area contributed by atoms with Gasteiger partial charge in [-0.25, -0.2) is 4.79 Å². The second-order valence-corrected chi connectivity index (χ2v) is 3.00. The topological polar surface area (TPSA) is 26.3 Å². The molecule has 0 aliphatic heterocycles. The molecule has 0 fully saturated rings. The maximum absolute atomic E-state index is 11.0. The molecule has 1 aromatic carbocycles. The van der Waals surface area contributed by atoms with Gasteiger partial charge in [0.2, 0.25) is 0 Å². The summed E-state index contributed by atoms with van der Waals surface area (Å²) in [6.07, 6.45) is 3.19. The number of carbonyl (C=O) groups excluding carboxylic acids is 1. The lowest BCUT2D eigenvalue weighted by atomic mass is 10.1. The second kappa shape index (κ2) is 5.22. The predicted molar refractivity (Wildman–Crippen MR) is 56.8 cm³/mol. The molecule has 0 atom stereocenters. The number of ether oxygens (including phenoxy) is 1. The van der Waals surface area contributed by atoms with Crippen molar-refractivity contribution in [2.45, 2.75) is 13.8 Å². The summed E-state index contributed by atoms with van der Waals surface area (Å²) in [5.74, 6) is -0.298. The van der Waals surface area contributed by atoms with E-state index in [4.69, 9.17) is 4.74 Å². The Hall–Kier alpha value is -1.57. The summed E-state index contributed by atoms with van der Waals surface area (Å²) in [5.41, 5.74) is 2.21. The highest BCUT2D eigenvalue weighted by atomic mass is 16.5. The van der Waals surface area contributed by atoms with E-state index >= 15 is 0 Å². The van der Waals surface area contributed by atoms with Gasteiger partial charge in [0.05, 0.1) is 6.61 Å². The largest absolute Gasteiger partial charge is 0.463 e. The number of esters is 1. The minimum atomic E-state index is -0.298. The summed E-state index contributed by atoms with van der Waals surface area (Å²) in [6, 6.07) is 7.94. The number of aryl methyl sites for hydroxylation is 1. The Balaban J connectivity index is 2.60. The van der Waals surface area contributed by atoms with Gasteiger partial charge in [-0.15, -0.1) is 0 Å². The molecule has 0 radical (unpaired) electrons. The Morgan fingerprint density at radius 1 is 1.36 bits per heavy atom. The first kappa shape index (κ1) is 10.5. The fourth-order valence-electron chi connectivity index (χ4n) is 1.03. The SMILES string of the molecule is CCOC(=O)/C=C\c1ccc(C)cc1. The molecular formula is C12H14O2. The van der Waals surface area contributed by atoms with Crippen LogP contribution in [0.1, 0.15) is 18.1 Å². The van der Waals surface area contributed by atoms with Crippen molar-refractivity contribution < 1.29 is 9.53 Å². The molecule has 0 aliphatic rings. The van der Waals surface area contributed by atoms with Crippen LogP contribution in [-0.2, 0) is 9.53 Å². The summed E-state index contributed by atoms with van der Waals surface area (Å²) < 4.78 is 4.76. The quantitative estimate of drug-likeness (QED) is 0.541. The van der Waals surface area contributed by atoms with E-state index in [1.54, 1.807) is 13.0 Å². The zero-order chi connectivity index (χ0) is 10.4. The standard InChI is InChI=1S/C12H14O2/c1-3-14-12(13)9-8-11-6-4-10(2)5-7-11/h4-9H,3H2,1-2H3/b9-8-. The van der Waals surface area contributed by atoms with Gasteiger partial charge in [0.25, 0.3) is 0 Å². The Labute approximate surface area is 84.2 Å². The average Bonchev–Trinajstić information content (AvgIpc) is 2.17. The fourth-order valence-corrected chi connectivity index (χ4v) is 1.03. The van der Waals surface area contributed by atoms with Crippen LogP contribution in [0.5, 0.6) is 0 Å². The second-order valence-electron chi connectivity index (χ2n) is 3.00. The van der Waals surface area contributed by atoms with Crippen molar-refractivity contribution in [3.05, 3.63) is 41.5 Å². The van der Waals surface area contributed by atoms with Crippen molar-refractivity contribution >= 4 is 12.0 Å². The molecule has 1 rings (SSSR count). The molecule has 0 N–H and O–H groups in total. The Morgan fingerprint density at radius 2 is 2.00 bits per heavy atom. The van der Waals surface area contributed by atoms with E-state index in [0.29, 0.717) is 6.61 Å². The van der Waals surface area contributed by atoms with E-state index in [2.05, 4.69) is 0 Å². The molecule has 0 unspecified atom stereocenters. The molecule has 14 heavy (non-hydrogen) atoms. The molecule has 0 aliphatic carbocycles. The first-order valence-electron chi connectivity index (χ1n) is 4.64. The van der Waals surface area contributed by atoms with Gasteiger partial charge in [0.15, 0.2) is 0 Å². The highest BCUT2D eigenvalue weighted by molar-refractivity contribution is 5.86. The van der Waals surface area contributed by atoms with Crippen LogP contribution < -0.4 is 0 Å².